The molecule has 0 saturated carbocycles. The van der Waals surface area contributed by atoms with Crippen molar-refractivity contribution in [1.82, 2.24) is 10.2 Å². The molecule has 0 saturated heterocycles. The van der Waals surface area contributed by atoms with Crippen molar-refractivity contribution in [3.05, 3.63) is 29.8 Å². The molecule has 0 spiro atoms. The molecule has 7 heteroatoms. The summed E-state index contributed by atoms with van der Waals surface area (Å²) in [5.41, 5.74) is 1.55. The lowest BCUT2D eigenvalue weighted by atomic mass is 10.1. The first-order chi connectivity index (χ1) is 11.2. The number of carbonyl (C=O) groups is 1. The second kappa shape index (κ2) is 9.03. The summed E-state index contributed by atoms with van der Waals surface area (Å²) in [6.07, 6.45) is 2.36. The largest absolute Gasteiger partial charge is 0.354 e. The van der Waals surface area contributed by atoms with Gasteiger partial charge in [0.2, 0.25) is 15.9 Å². The van der Waals surface area contributed by atoms with E-state index in [4.69, 9.17) is 0 Å². The monoisotopic (exact) mass is 355 g/mol. The molecular formula is C17H29N3O3S. The van der Waals surface area contributed by atoms with Crippen molar-refractivity contribution in [2.75, 3.05) is 37.7 Å². The maximum atomic E-state index is 12.5. The Morgan fingerprint density at radius 2 is 1.79 bits per heavy atom. The summed E-state index contributed by atoms with van der Waals surface area (Å²) >= 11 is 0. The van der Waals surface area contributed by atoms with E-state index in [-0.39, 0.29) is 5.91 Å². The van der Waals surface area contributed by atoms with E-state index < -0.39 is 16.1 Å². The van der Waals surface area contributed by atoms with E-state index >= 15 is 0 Å². The summed E-state index contributed by atoms with van der Waals surface area (Å²) in [6, 6.07) is 6.41. The van der Waals surface area contributed by atoms with Gasteiger partial charge in [-0.2, -0.15) is 0 Å². The fourth-order valence-corrected chi connectivity index (χ4v) is 3.69. The highest BCUT2D eigenvalue weighted by atomic mass is 32.2. The first-order valence-corrected chi connectivity index (χ1v) is 10.00. The summed E-state index contributed by atoms with van der Waals surface area (Å²) in [5.74, 6) is -0.262. The summed E-state index contributed by atoms with van der Waals surface area (Å²) in [7, 11) is 0.376. The molecule has 1 atom stereocenters. The molecule has 0 fully saturated rings. The van der Waals surface area contributed by atoms with Crippen LogP contribution in [0.3, 0.4) is 0 Å². The van der Waals surface area contributed by atoms with Gasteiger partial charge in [0.05, 0.1) is 11.9 Å². The SMILES string of the molecule is CCC(C(=O)NCCCN(C)C)N(c1ccc(C)cc1)S(C)(=O)=O. The molecule has 1 unspecified atom stereocenters. The maximum Gasteiger partial charge on any atom is 0.243 e. The normalized spacial score (nSPS) is 12.9. The lowest BCUT2D eigenvalue weighted by molar-refractivity contribution is -0.122. The Balaban J connectivity index is 2.93. The van der Waals surface area contributed by atoms with Crippen LogP contribution in [0.5, 0.6) is 0 Å². The summed E-state index contributed by atoms with van der Waals surface area (Å²) in [5, 5.41) is 2.85. The minimum atomic E-state index is -3.57. The molecule has 0 aromatic heterocycles. The molecule has 0 heterocycles. The number of hydrogen-bond acceptors (Lipinski definition) is 4. The van der Waals surface area contributed by atoms with Crippen molar-refractivity contribution < 1.29 is 13.2 Å². The van der Waals surface area contributed by atoms with Crippen LogP contribution in [-0.2, 0) is 14.8 Å². The van der Waals surface area contributed by atoms with E-state index in [9.17, 15) is 13.2 Å². The number of nitrogens with zero attached hydrogens (tertiary/aromatic N) is 2. The zero-order chi connectivity index (χ0) is 18.3. The average molecular weight is 356 g/mol. The summed E-state index contributed by atoms with van der Waals surface area (Å²) in [6.45, 7) is 5.14. The van der Waals surface area contributed by atoms with E-state index in [0.29, 0.717) is 18.7 Å². The second-order valence-electron chi connectivity index (χ2n) is 6.27. The number of amides is 1. The molecule has 0 bridgehead atoms. The van der Waals surface area contributed by atoms with Crippen LogP contribution in [0.15, 0.2) is 24.3 Å². The molecule has 6 nitrogen and oxygen atoms in total. The van der Waals surface area contributed by atoms with Gasteiger partial charge in [0.1, 0.15) is 6.04 Å². The third kappa shape index (κ3) is 6.13. The molecule has 24 heavy (non-hydrogen) atoms. The Labute approximate surface area is 145 Å². The molecular weight excluding hydrogens is 326 g/mol. The molecule has 136 valence electrons. The van der Waals surface area contributed by atoms with Crippen molar-refractivity contribution >= 4 is 21.6 Å². The molecule has 1 aromatic rings. The Hall–Kier alpha value is -1.60. The van der Waals surface area contributed by atoms with Gasteiger partial charge in [-0.1, -0.05) is 24.6 Å². The van der Waals surface area contributed by atoms with Crippen molar-refractivity contribution in [1.29, 1.82) is 0 Å². The molecule has 1 N–H and O–H groups in total. The number of aryl methyl sites for hydroxylation is 1. The summed E-state index contributed by atoms with van der Waals surface area (Å²) < 4.78 is 25.8. The Morgan fingerprint density at radius 1 is 1.21 bits per heavy atom. The molecule has 0 aliphatic heterocycles. The Morgan fingerprint density at radius 3 is 2.25 bits per heavy atom. The van der Waals surface area contributed by atoms with Crippen LogP contribution in [0.25, 0.3) is 0 Å². The van der Waals surface area contributed by atoms with E-state index in [1.807, 2.05) is 45.0 Å². The van der Waals surface area contributed by atoms with Gasteiger partial charge in [0.25, 0.3) is 0 Å². The minimum Gasteiger partial charge on any atom is -0.354 e. The second-order valence-corrected chi connectivity index (χ2v) is 8.13. The van der Waals surface area contributed by atoms with Crippen LogP contribution in [-0.4, -0.2) is 58.7 Å². The molecule has 1 aromatic carbocycles. The predicted octanol–water partition coefficient (Wildman–Crippen LogP) is 1.61. The van der Waals surface area contributed by atoms with Crippen LogP contribution in [0.2, 0.25) is 0 Å². The smallest absolute Gasteiger partial charge is 0.243 e. The third-order valence-corrected chi connectivity index (χ3v) is 4.88. The van der Waals surface area contributed by atoms with Crippen LogP contribution in [0.4, 0.5) is 5.69 Å². The lowest BCUT2D eigenvalue weighted by Crippen LogP contribution is -2.49. The number of benzene rings is 1. The van der Waals surface area contributed by atoms with Crippen LogP contribution in [0.1, 0.15) is 25.3 Å². The fraction of sp³-hybridized carbons (Fsp3) is 0.588. The minimum absolute atomic E-state index is 0.262. The quantitative estimate of drug-likeness (QED) is 0.683. The van der Waals surface area contributed by atoms with E-state index in [1.165, 1.54) is 4.31 Å². The first-order valence-electron chi connectivity index (χ1n) is 8.15. The van der Waals surface area contributed by atoms with Gasteiger partial charge in [-0.3, -0.25) is 9.10 Å². The number of carbonyl (C=O) groups excluding carboxylic acids is 1. The molecule has 0 aliphatic carbocycles. The molecule has 0 aliphatic rings. The van der Waals surface area contributed by atoms with Crippen molar-refractivity contribution in [3.8, 4) is 0 Å². The Kier molecular flexibility index (Phi) is 7.69. The topological polar surface area (TPSA) is 69.7 Å². The highest BCUT2D eigenvalue weighted by Gasteiger charge is 2.31. The van der Waals surface area contributed by atoms with Crippen molar-refractivity contribution in [2.24, 2.45) is 0 Å². The van der Waals surface area contributed by atoms with Crippen molar-refractivity contribution in [2.45, 2.75) is 32.7 Å². The summed E-state index contributed by atoms with van der Waals surface area (Å²) in [4.78, 5) is 14.6. The number of hydrogen-bond donors (Lipinski definition) is 1. The van der Waals surface area contributed by atoms with Gasteiger partial charge in [-0.15, -0.1) is 0 Å². The maximum absolute atomic E-state index is 12.5. The van der Waals surface area contributed by atoms with E-state index in [1.54, 1.807) is 12.1 Å². The zero-order valence-electron chi connectivity index (χ0n) is 15.2. The average Bonchev–Trinajstić information content (AvgIpc) is 2.48. The Bertz CT molecular complexity index is 627. The van der Waals surface area contributed by atoms with E-state index in [0.717, 1.165) is 24.8 Å². The number of anilines is 1. The number of nitrogens with one attached hydrogen (secondary N) is 1. The van der Waals surface area contributed by atoms with Gasteiger partial charge < -0.3 is 10.2 Å². The van der Waals surface area contributed by atoms with E-state index in [2.05, 4.69) is 5.32 Å². The number of rotatable bonds is 9. The van der Waals surface area contributed by atoms with Gasteiger partial charge in [-0.25, -0.2) is 8.42 Å². The standard InChI is InChI=1S/C17H29N3O3S/c1-6-16(17(21)18-12-7-13-19(3)4)20(24(5,22)23)15-10-8-14(2)9-11-15/h8-11,16H,6-7,12-13H2,1-5H3,(H,18,21). The molecule has 0 radical (unpaired) electrons. The van der Waals surface area contributed by atoms with Crippen LogP contribution < -0.4 is 9.62 Å². The third-order valence-electron chi connectivity index (χ3n) is 3.70. The van der Waals surface area contributed by atoms with Gasteiger partial charge in [0.15, 0.2) is 0 Å². The zero-order valence-corrected chi connectivity index (χ0v) is 16.1. The highest BCUT2D eigenvalue weighted by Crippen LogP contribution is 2.22. The van der Waals surface area contributed by atoms with Gasteiger partial charge in [0, 0.05) is 6.54 Å². The van der Waals surface area contributed by atoms with Crippen molar-refractivity contribution in [3.63, 3.8) is 0 Å². The first kappa shape index (κ1) is 20.4. The van der Waals surface area contributed by atoms with Crippen LogP contribution in [0, 0.1) is 6.92 Å². The predicted molar refractivity (Wildman–Crippen MR) is 98.8 cm³/mol. The van der Waals surface area contributed by atoms with Gasteiger partial charge >= 0.3 is 0 Å². The number of sulfonamides is 1. The fourth-order valence-electron chi connectivity index (χ4n) is 2.48. The lowest BCUT2D eigenvalue weighted by Gasteiger charge is -2.30. The van der Waals surface area contributed by atoms with Crippen LogP contribution >= 0.6 is 0 Å². The molecule has 1 amide bonds. The van der Waals surface area contributed by atoms with Gasteiger partial charge in [-0.05, 0) is 52.5 Å². The highest BCUT2D eigenvalue weighted by molar-refractivity contribution is 7.92. The molecule has 1 rings (SSSR count).